The molecule has 0 saturated heterocycles. The standard InChI is InChI=1S/C15H16O3/c1-15(2,17)10-18-14-8-7-11-5-3-4-6-12(11)13(14)9-16/h3-9,17H,10H2,1-2H3. The first-order valence-corrected chi connectivity index (χ1v) is 5.83. The minimum Gasteiger partial charge on any atom is -0.490 e. The van der Waals surface area contributed by atoms with E-state index < -0.39 is 5.60 Å². The lowest BCUT2D eigenvalue weighted by atomic mass is 10.0. The van der Waals surface area contributed by atoms with Crippen LogP contribution in [0.25, 0.3) is 10.8 Å². The van der Waals surface area contributed by atoms with Crippen LogP contribution < -0.4 is 4.74 Å². The number of ether oxygens (including phenoxy) is 1. The van der Waals surface area contributed by atoms with Crippen LogP contribution >= 0.6 is 0 Å². The van der Waals surface area contributed by atoms with E-state index in [9.17, 15) is 9.90 Å². The molecule has 0 atom stereocenters. The first-order chi connectivity index (χ1) is 8.51. The summed E-state index contributed by atoms with van der Waals surface area (Å²) in [4.78, 5) is 11.2. The van der Waals surface area contributed by atoms with Gasteiger partial charge in [0.2, 0.25) is 0 Å². The summed E-state index contributed by atoms with van der Waals surface area (Å²) in [5, 5.41) is 11.5. The van der Waals surface area contributed by atoms with Gasteiger partial charge >= 0.3 is 0 Å². The van der Waals surface area contributed by atoms with Crippen molar-refractivity contribution in [1.29, 1.82) is 0 Å². The minimum absolute atomic E-state index is 0.145. The Bertz CT molecular complexity index is 567. The summed E-state index contributed by atoms with van der Waals surface area (Å²) >= 11 is 0. The Hall–Kier alpha value is -1.87. The minimum atomic E-state index is -0.925. The number of rotatable bonds is 4. The topological polar surface area (TPSA) is 46.5 Å². The second kappa shape index (κ2) is 4.78. The van der Waals surface area contributed by atoms with Crippen LogP contribution in [0.2, 0.25) is 0 Å². The molecule has 0 aliphatic rings. The van der Waals surface area contributed by atoms with E-state index in [2.05, 4.69) is 0 Å². The maximum absolute atomic E-state index is 11.2. The van der Waals surface area contributed by atoms with Crippen molar-refractivity contribution in [3.63, 3.8) is 0 Å². The first kappa shape index (κ1) is 12.6. The van der Waals surface area contributed by atoms with Crippen molar-refractivity contribution in [2.24, 2.45) is 0 Å². The fourth-order valence-electron chi connectivity index (χ4n) is 1.78. The fourth-order valence-corrected chi connectivity index (χ4v) is 1.78. The zero-order chi connectivity index (χ0) is 13.2. The van der Waals surface area contributed by atoms with E-state index in [0.29, 0.717) is 11.3 Å². The summed E-state index contributed by atoms with van der Waals surface area (Å²) in [6.45, 7) is 3.47. The van der Waals surface area contributed by atoms with Gasteiger partial charge in [-0.1, -0.05) is 30.3 Å². The van der Waals surface area contributed by atoms with Crippen LogP contribution in [0.3, 0.4) is 0 Å². The van der Waals surface area contributed by atoms with Crippen LogP contribution in [0.5, 0.6) is 5.75 Å². The molecule has 0 radical (unpaired) electrons. The van der Waals surface area contributed by atoms with Crippen molar-refractivity contribution in [2.45, 2.75) is 19.4 Å². The summed E-state index contributed by atoms with van der Waals surface area (Å²) in [6.07, 6.45) is 0.794. The summed E-state index contributed by atoms with van der Waals surface area (Å²) in [6, 6.07) is 11.3. The van der Waals surface area contributed by atoms with Crippen LogP contribution in [-0.2, 0) is 0 Å². The maximum atomic E-state index is 11.2. The lowest BCUT2D eigenvalue weighted by Crippen LogP contribution is -2.28. The predicted molar refractivity (Wildman–Crippen MR) is 71.1 cm³/mol. The van der Waals surface area contributed by atoms with Gasteiger partial charge in [-0.15, -0.1) is 0 Å². The van der Waals surface area contributed by atoms with Crippen LogP contribution in [-0.4, -0.2) is 23.6 Å². The fraction of sp³-hybridized carbons (Fsp3) is 0.267. The third-order valence-corrected chi connectivity index (χ3v) is 2.63. The molecule has 0 fully saturated rings. The molecule has 0 amide bonds. The molecule has 0 heterocycles. The van der Waals surface area contributed by atoms with Crippen LogP contribution in [0, 0.1) is 0 Å². The molecule has 3 nitrogen and oxygen atoms in total. The zero-order valence-electron chi connectivity index (χ0n) is 10.5. The monoisotopic (exact) mass is 244 g/mol. The van der Waals surface area contributed by atoms with Gasteiger partial charge in [0.15, 0.2) is 6.29 Å². The Labute approximate surface area is 106 Å². The highest BCUT2D eigenvalue weighted by Gasteiger charge is 2.15. The quantitative estimate of drug-likeness (QED) is 0.841. The molecule has 2 aromatic rings. The van der Waals surface area contributed by atoms with Gasteiger partial charge in [0.05, 0.1) is 11.2 Å². The SMILES string of the molecule is CC(C)(O)COc1ccc2ccccc2c1C=O. The zero-order valence-corrected chi connectivity index (χ0v) is 10.5. The van der Waals surface area contributed by atoms with Gasteiger partial charge in [0.25, 0.3) is 0 Å². The van der Waals surface area contributed by atoms with Gasteiger partial charge < -0.3 is 9.84 Å². The van der Waals surface area contributed by atoms with Crippen LogP contribution in [0.4, 0.5) is 0 Å². The lowest BCUT2D eigenvalue weighted by molar-refractivity contribution is 0.0282. The van der Waals surface area contributed by atoms with E-state index >= 15 is 0 Å². The van der Waals surface area contributed by atoms with Gasteiger partial charge in [-0.2, -0.15) is 0 Å². The molecular formula is C15H16O3. The van der Waals surface area contributed by atoms with E-state index in [1.165, 1.54) is 0 Å². The first-order valence-electron chi connectivity index (χ1n) is 5.83. The van der Waals surface area contributed by atoms with Crippen molar-refractivity contribution in [2.75, 3.05) is 6.61 Å². The number of fused-ring (bicyclic) bond motifs is 1. The number of aldehydes is 1. The van der Waals surface area contributed by atoms with Crippen molar-refractivity contribution >= 4 is 17.1 Å². The van der Waals surface area contributed by atoms with E-state index in [1.807, 2.05) is 30.3 Å². The molecule has 0 aromatic heterocycles. The molecule has 94 valence electrons. The molecule has 2 rings (SSSR count). The van der Waals surface area contributed by atoms with Crippen molar-refractivity contribution in [3.05, 3.63) is 42.0 Å². The highest BCUT2D eigenvalue weighted by molar-refractivity contribution is 6.00. The average Bonchev–Trinajstić information content (AvgIpc) is 2.34. The number of benzene rings is 2. The van der Waals surface area contributed by atoms with Crippen molar-refractivity contribution in [3.8, 4) is 5.75 Å². The molecule has 0 aliphatic heterocycles. The summed E-state index contributed by atoms with van der Waals surface area (Å²) in [5.41, 5.74) is -0.399. The Morgan fingerprint density at radius 2 is 1.94 bits per heavy atom. The lowest BCUT2D eigenvalue weighted by Gasteiger charge is -2.19. The van der Waals surface area contributed by atoms with Gasteiger partial charge in [-0.25, -0.2) is 0 Å². The Balaban J connectivity index is 2.42. The second-order valence-electron chi connectivity index (χ2n) is 4.92. The molecule has 3 heteroatoms. The normalized spacial score (nSPS) is 11.5. The van der Waals surface area contributed by atoms with Gasteiger partial charge in [0.1, 0.15) is 12.4 Å². The maximum Gasteiger partial charge on any atom is 0.154 e. The molecule has 1 N–H and O–H groups in total. The van der Waals surface area contributed by atoms with Gasteiger partial charge in [-0.05, 0) is 30.7 Å². The van der Waals surface area contributed by atoms with Gasteiger partial charge in [-0.3, -0.25) is 4.79 Å². The van der Waals surface area contributed by atoms with E-state index in [4.69, 9.17) is 4.74 Å². The number of carbonyl (C=O) groups is 1. The van der Waals surface area contributed by atoms with Gasteiger partial charge in [0, 0.05) is 0 Å². The summed E-state index contributed by atoms with van der Waals surface area (Å²) < 4.78 is 5.52. The molecule has 0 saturated carbocycles. The highest BCUT2D eigenvalue weighted by atomic mass is 16.5. The Morgan fingerprint density at radius 3 is 2.61 bits per heavy atom. The number of hydrogen-bond acceptors (Lipinski definition) is 3. The molecule has 18 heavy (non-hydrogen) atoms. The van der Waals surface area contributed by atoms with Crippen molar-refractivity contribution in [1.82, 2.24) is 0 Å². The van der Waals surface area contributed by atoms with Crippen LogP contribution in [0.15, 0.2) is 36.4 Å². The third kappa shape index (κ3) is 2.68. The summed E-state index contributed by atoms with van der Waals surface area (Å²) in [7, 11) is 0. The smallest absolute Gasteiger partial charge is 0.154 e. The Morgan fingerprint density at radius 1 is 1.22 bits per heavy atom. The second-order valence-corrected chi connectivity index (χ2v) is 4.92. The van der Waals surface area contributed by atoms with E-state index in [1.54, 1.807) is 19.9 Å². The van der Waals surface area contributed by atoms with Crippen molar-refractivity contribution < 1.29 is 14.6 Å². The highest BCUT2D eigenvalue weighted by Crippen LogP contribution is 2.27. The average molecular weight is 244 g/mol. The van der Waals surface area contributed by atoms with E-state index in [0.717, 1.165) is 17.1 Å². The predicted octanol–water partition coefficient (Wildman–Crippen LogP) is 2.80. The largest absolute Gasteiger partial charge is 0.490 e. The molecule has 0 unspecified atom stereocenters. The molecule has 2 aromatic carbocycles. The molecule has 0 bridgehead atoms. The number of aliphatic hydroxyl groups is 1. The molecular weight excluding hydrogens is 228 g/mol. The third-order valence-electron chi connectivity index (χ3n) is 2.63. The molecule has 0 spiro atoms. The Kier molecular flexibility index (Phi) is 3.34. The number of carbonyl (C=O) groups excluding carboxylic acids is 1. The number of hydrogen-bond donors (Lipinski definition) is 1. The molecule has 0 aliphatic carbocycles. The van der Waals surface area contributed by atoms with Crippen LogP contribution in [0.1, 0.15) is 24.2 Å². The summed E-state index contributed by atoms with van der Waals surface area (Å²) in [5.74, 6) is 0.505. The van der Waals surface area contributed by atoms with E-state index in [-0.39, 0.29) is 6.61 Å².